The predicted molar refractivity (Wildman–Crippen MR) is 53.7 cm³/mol. The van der Waals surface area contributed by atoms with Gasteiger partial charge in [0.25, 0.3) is 0 Å². The molecule has 17 heavy (non-hydrogen) atoms. The Hall–Kier alpha value is -0.430. The largest absolute Gasteiger partial charge is 0.417 e. The van der Waals surface area contributed by atoms with Gasteiger partial charge in [-0.3, -0.25) is 0 Å². The van der Waals surface area contributed by atoms with Crippen molar-refractivity contribution in [3.63, 3.8) is 0 Å². The summed E-state index contributed by atoms with van der Waals surface area (Å²) in [5.41, 5.74) is -3.17. The lowest BCUT2D eigenvalue weighted by Crippen LogP contribution is -2.15. The second-order valence-corrected chi connectivity index (χ2v) is 4.15. The van der Waals surface area contributed by atoms with Crippen molar-refractivity contribution >= 4 is 27.5 Å². The van der Waals surface area contributed by atoms with E-state index in [0.717, 1.165) is 6.07 Å². The maximum Gasteiger partial charge on any atom is 0.417 e. The Morgan fingerprint density at radius 1 is 1.00 bits per heavy atom. The Kier molecular flexibility index (Phi) is 4.03. The Morgan fingerprint density at radius 3 is 1.88 bits per heavy atom. The first-order chi connectivity index (χ1) is 7.59. The van der Waals surface area contributed by atoms with E-state index in [-0.39, 0.29) is 0 Å². The maximum atomic E-state index is 12.6. The Bertz CT molecular complexity index is 423. The summed E-state index contributed by atoms with van der Waals surface area (Å²) in [6.45, 7) is 0. The Morgan fingerprint density at radius 2 is 1.53 bits per heavy atom. The highest BCUT2D eigenvalue weighted by Gasteiger charge is 2.41. The molecule has 0 aliphatic rings. The second kappa shape index (κ2) is 4.68. The molecule has 0 radical (unpaired) electrons. The summed E-state index contributed by atoms with van der Waals surface area (Å²) in [5, 5.41) is 0. The van der Waals surface area contributed by atoms with Crippen LogP contribution in [0.15, 0.2) is 16.6 Å². The SMILES string of the molecule is FC(F)(F)c1ccc(CCl)c(C(F)(F)F)c1Br. The molecule has 1 aromatic carbocycles. The van der Waals surface area contributed by atoms with Crippen molar-refractivity contribution in [1.29, 1.82) is 0 Å². The van der Waals surface area contributed by atoms with Gasteiger partial charge in [0.15, 0.2) is 0 Å². The molecule has 0 unspecified atom stereocenters. The summed E-state index contributed by atoms with van der Waals surface area (Å²) in [7, 11) is 0. The highest BCUT2D eigenvalue weighted by Crippen LogP contribution is 2.44. The molecule has 1 rings (SSSR count). The van der Waals surface area contributed by atoms with E-state index < -0.39 is 39.4 Å². The number of hydrogen-bond donors (Lipinski definition) is 0. The first-order valence-corrected chi connectivity index (χ1v) is 5.43. The lowest BCUT2D eigenvalue weighted by molar-refractivity contribution is -0.144. The van der Waals surface area contributed by atoms with Gasteiger partial charge in [-0.1, -0.05) is 6.07 Å². The zero-order chi connectivity index (χ0) is 13.4. The fourth-order valence-corrected chi connectivity index (χ4v) is 2.31. The number of hydrogen-bond acceptors (Lipinski definition) is 0. The van der Waals surface area contributed by atoms with Crippen molar-refractivity contribution < 1.29 is 26.3 Å². The van der Waals surface area contributed by atoms with Crippen LogP contribution in [0.5, 0.6) is 0 Å². The summed E-state index contributed by atoms with van der Waals surface area (Å²) in [4.78, 5) is 0. The summed E-state index contributed by atoms with van der Waals surface area (Å²) >= 11 is 7.62. The molecule has 0 nitrogen and oxygen atoms in total. The lowest BCUT2D eigenvalue weighted by Gasteiger charge is -2.17. The quantitative estimate of drug-likeness (QED) is 0.485. The van der Waals surface area contributed by atoms with Gasteiger partial charge in [0, 0.05) is 10.4 Å². The van der Waals surface area contributed by atoms with Crippen molar-refractivity contribution in [2.24, 2.45) is 0 Å². The van der Waals surface area contributed by atoms with Crippen molar-refractivity contribution in [3.05, 3.63) is 33.3 Å². The monoisotopic (exact) mass is 340 g/mol. The van der Waals surface area contributed by atoms with Crippen molar-refractivity contribution in [1.82, 2.24) is 0 Å². The van der Waals surface area contributed by atoms with E-state index in [1.54, 1.807) is 0 Å². The molecule has 0 amide bonds. The minimum absolute atomic E-state index is 0.404. The highest BCUT2D eigenvalue weighted by atomic mass is 79.9. The zero-order valence-corrected chi connectivity index (χ0v) is 10.2. The molecule has 0 fully saturated rings. The van der Waals surface area contributed by atoms with Crippen LogP contribution in [0.4, 0.5) is 26.3 Å². The summed E-state index contributed by atoms with van der Waals surface area (Å²) in [5.74, 6) is -0.522. The van der Waals surface area contributed by atoms with Gasteiger partial charge in [-0.2, -0.15) is 26.3 Å². The van der Waals surface area contributed by atoms with Crippen molar-refractivity contribution in [2.75, 3.05) is 0 Å². The van der Waals surface area contributed by atoms with Crippen LogP contribution in [0.3, 0.4) is 0 Å². The zero-order valence-electron chi connectivity index (χ0n) is 7.89. The van der Waals surface area contributed by atoms with Gasteiger partial charge in [-0.15, -0.1) is 11.6 Å². The topological polar surface area (TPSA) is 0 Å². The standard InChI is InChI=1S/C9H4BrClF6/c10-7-5(8(12,13)14)2-1-4(3-11)6(7)9(15,16)17/h1-2H,3H2. The number of halogens is 8. The van der Waals surface area contributed by atoms with Crippen LogP contribution < -0.4 is 0 Å². The molecule has 0 aliphatic carbocycles. The molecule has 0 heterocycles. The third kappa shape index (κ3) is 3.07. The molecule has 1 aromatic rings. The second-order valence-electron chi connectivity index (χ2n) is 3.09. The van der Waals surface area contributed by atoms with Crippen LogP contribution in [-0.2, 0) is 18.2 Å². The van der Waals surface area contributed by atoms with E-state index in [4.69, 9.17) is 11.6 Å². The molecule has 0 saturated carbocycles. The molecule has 8 heteroatoms. The number of rotatable bonds is 1. The third-order valence-electron chi connectivity index (χ3n) is 1.96. The van der Waals surface area contributed by atoms with Crippen LogP contribution >= 0.6 is 27.5 Å². The molecule has 0 saturated heterocycles. The summed E-state index contributed by atoms with van der Waals surface area (Å²) < 4.78 is 74.1. The minimum Gasteiger partial charge on any atom is -0.166 e. The van der Waals surface area contributed by atoms with E-state index in [9.17, 15) is 26.3 Å². The highest BCUT2D eigenvalue weighted by molar-refractivity contribution is 9.10. The van der Waals surface area contributed by atoms with Crippen LogP contribution in [0, 0.1) is 0 Å². The maximum absolute atomic E-state index is 12.6. The van der Waals surface area contributed by atoms with Gasteiger partial charge in [-0.05, 0) is 27.6 Å². The molecule has 96 valence electrons. The molecule has 0 aromatic heterocycles. The van der Waals surface area contributed by atoms with Gasteiger partial charge >= 0.3 is 12.4 Å². The smallest absolute Gasteiger partial charge is 0.166 e. The molecule has 0 atom stereocenters. The fourth-order valence-electron chi connectivity index (χ4n) is 1.25. The van der Waals surface area contributed by atoms with Crippen LogP contribution in [0.25, 0.3) is 0 Å². The molecular formula is C9H4BrClF6. The van der Waals surface area contributed by atoms with E-state index in [1.807, 2.05) is 0 Å². The van der Waals surface area contributed by atoms with E-state index >= 15 is 0 Å². The molecule has 0 spiro atoms. The average molecular weight is 341 g/mol. The molecular weight excluding hydrogens is 337 g/mol. The normalized spacial score (nSPS) is 12.9. The first kappa shape index (κ1) is 14.6. The first-order valence-electron chi connectivity index (χ1n) is 4.10. The predicted octanol–water partition coefficient (Wildman–Crippen LogP) is 5.23. The van der Waals surface area contributed by atoms with Gasteiger partial charge in [0.2, 0.25) is 0 Å². The van der Waals surface area contributed by atoms with Crippen molar-refractivity contribution in [2.45, 2.75) is 18.2 Å². The van der Waals surface area contributed by atoms with Gasteiger partial charge in [0.05, 0.1) is 11.1 Å². The van der Waals surface area contributed by atoms with Crippen LogP contribution in [0.2, 0.25) is 0 Å². The number of alkyl halides is 7. The summed E-state index contributed by atoms with van der Waals surface area (Å²) in [6, 6.07) is 1.29. The molecule has 0 N–H and O–H groups in total. The van der Waals surface area contributed by atoms with Crippen LogP contribution in [0.1, 0.15) is 16.7 Å². The lowest BCUT2D eigenvalue weighted by atomic mass is 10.0. The van der Waals surface area contributed by atoms with Gasteiger partial charge < -0.3 is 0 Å². The third-order valence-corrected chi connectivity index (χ3v) is 3.07. The summed E-state index contributed by atoms with van der Waals surface area (Å²) in [6.07, 6.45) is -9.76. The van der Waals surface area contributed by atoms with Crippen molar-refractivity contribution in [3.8, 4) is 0 Å². The minimum atomic E-state index is -4.90. The van der Waals surface area contributed by atoms with E-state index in [1.165, 1.54) is 0 Å². The van der Waals surface area contributed by atoms with Gasteiger partial charge in [0.1, 0.15) is 0 Å². The Labute approximate surface area is 106 Å². The molecule has 0 aliphatic heterocycles. The van der Waals surface area contributed by atoms with E-state index in [2.05, 4.69) is 15.9 Å². The van der Waals surface area contributed by atoms with Gasteiger partial charge in [-0.25, -0.2) is 0 Å². The van der Waals surface area contributed by atoms with Crippen LogP contribution in [-0.4, -0.2) is 0 Å². The number of benzene rings is 1. The average Bonchev–Trinajstić information content (AvgIpc) is 2.12. The van der Waals surface area contributed by atoms with E-state index in [0.29, 0.717) is 6.07 Å². The Balaban J connectivity index is 3.55. The molecule has 0 bridgehead atoms. The fraction of sp³-hybridized carbons (Fsp3) is 0.333.